The fraction of sp³-hybridized carbons (Fsp3) is 0.267. The molecule has 0 radical (unpaired) electrons. The predicted octanol–water partition coefficient (Wildman–Crippen LogP) is 2.36. The standard InChI is InChI=1S/C15H14ClFN4O2/c1-21-13(22)7-9(15(23)19-12-4-5-18-20-12)14(21)8-2-3-10(16)11(17)6-8/h2-6,9,14H,7H2,1H3,(H2,18,19,20,23)/t9-,14-/m0/s1. The monoisotopic (exact) mass is 336 g/mol. The molecule has 23 heavy (non-hydrogen) atoms. The van der Waals surface area contributed by atoms with Crippen LogP contribution in [0.3, 0.4) is 0 Å². The van der Waals surface area contributed by atoms with Crippen LogP contribution in [0.4, 0.5) is 10.2 Å². The van der Waals surface area contributed by atoms with Crippen molar-refractivity contribution in [2.24, 2.45) is 5.92 Å². The van der Waals surface area contributed by atoms with Crippen LogP contribution >= 0.6 is 11.6 Å². The van der Waals surface area contributed by atoms with Gasteiger partial charge in [-0.25, -0.2) is 4.39 Å². The highest BCUT2D eigenvalue weighted by Gasteiger charge is 2.43. The lowest BCUT2D eigenvalue weighted by Crippen LogP contribution is -2.30. The SMILES string of the molecule is CN1C(=O)C[C@H](C(=O)Nc2ccn[nH]2)[C@@H]1c1ccc(Cl)c(F)c1. The molecule has 2 N–H and O–H groups in total. The van der Waals surface area contributed by atoms with E-state index in [2.05, 4.69) is 15.5 Å². The number of carbonyl (C=O) groups is 2. The van der Waals surface area contributed by atoms with E-state index in [0.717, 1.165) is 0 Å². The molecule has 1 aromatic carbocycles. The van der Waals surface area contributed by atoms with Gasteiger partial charge in [0, 0.05) is 19.5 Å². The number of halogens is 2. The first-order valence-corrected chi connectivity index (χ1v) is 7.36. The minimum atomic E-state index is -0.628. The number of hydrogen-bond acceptors (Lipinski definition) is 3. The van der Waals surface area contributed by atoms with Gasteiger partial charge >= 0.3 is 0 Å². The van der Waals surface area contributed by atoms with Gasteiger partial charge in [-0.2, -0.15) is 5.10 Å². The molecule has 8 heteroatoms. The van der Waals surface area contributed by atoms with E-state index in [0.29, 0.717) is 11.4 Å². The Balaban J connectivity index is 1.89. The first kappa shape index (κ1) is 15.5. The van der Waals surface area contributed by atoms with Crippen LogP contribution in [0.15, 0.2) is 30.5 Å². The molecule has 2 aromatic rings. The lowest BCUT2D eigenvalue weighted by atomic mass is 9.93. The maximum Gasteiger partial charge on any atom is 0.231 e. The van der Waals surface area contributed by atoms with Gasteiger partial charge in [0.2, 0.25) is 11.8 Å². The summed E-state index contributed by atoms with van der Waals surface area (Å²) in [5.74, 6) is -1.26. The van der Waals surface area contributed by atoms with E-state index < -0.39 is 17.8 Å². The van der Waals surface area contributed by atoms with E-state index in [1.807, 2.05) is 0 Å². The summed E-state index contributed by atoms with van der Waals surface area (Å²) in [6, 6.07) is 5.37. The lowest BCUT2D eigenvalue weighted by Gasteiger charge is -2.25. The smallest absolute Gasteiger partial charge is 0.231 e. The quantitative estimate of drug-likeness (QED) is 0.903. The largest absolute Gasteiger partial charge is 0.338 e. The Morgan fingerprint density at radius 3 is 2.91 bits per heavy atom. The third-order valence-corrected chi connectivity index (χ3v) is 4.27. The van der Waals surface area contributed by atoms with Gasteiger partial charge in [0.1, 0.15) is 11.6 Å². The number of likely N-dealkylation sites (tertiary alicyclic amines) is 1. The van der Waals surface area contributed by atoms with Crippen LogP contribution in [0.2, 0.25) is 5.02 Å². The van der Waals surface area contributed by atoms with Crippen molar-refractivity contribution in [1.82, 2.24) is 15.1 Å². The third kappa shape index (κ3) is 2.92. The molecule has 1 aliphatic heterocycles. The van der Waals surface area contributed by atoms with Crippen molar-refractivity contribution >= 4 is 29.2 Å². The second-order valence-corrected chi connectivity index (χ2v) is 5.80. The Morgan fingerprint density at radius 1 is 1.48 bits per heavy atom. The number of carbonyl (C=O) groups excluding carboxylic acids is 2. The third-order valence-electron chi connectivity index (χ3n) is 3.97. The average molecular weight is 337 g/mol. The summed E-state index contributed by atoms with van der Waals surface area (Å²) in [5, 5.41) is 9.05. The van der Waals surface area contributed by atoms with Gasteiger partial charge in [0.05, 0.1) is 23.2 Å². The molecule has 2 amide bonds. The van der Waals surface area contributed by atoms with Crippen LogP contribution in [0.25, 0.3) is 0 Å². The molecular formula is C15H14ClFN4O2. The Kier molecular flexibility index (Phi) is 4.04. The summed E-state index contributed by atoms with van der Waals surface area (Å²) in [4.78, 5) is 26.0. The molecule has 0 aliphatic carbocycles. The van der Waals surface area contributed by atoms with Gasteiger partial charge < -0.3 is 10.2 Å². The second-order valence-electron chi connectivity index (χ2n) is 5.39. The maximum absolute atomic E-state index is 13.7. The topological polar surface area (TPSA) is 78.1 Å². The average Bonchev–Trinajstić information content (AvgIpc) is 3.11. The number of H-pyrrole nitrogens is 1. The predicted molar refractivity (Wildman–Crippen MR) is 82.2 cm³/mol. The fourth-order valence-electron chi connectivity index (χ4n) is 2.81. The summed E-state index contributed by atoms with van der Waals surface area (Å²) >= 11 is 5.70. The summed E-state index contributed by atoms with van der Waals surface area (Å²) in [7, 11) is 1.60. The van der Waals surface area contributed by atoms with Gasteiger partial charge in [-0.1, -0.05) is 17.7 Å². The van der Waals surface area contributed by atoms with Crippen LogP contribution in [0.1, 0.15) is 18.0 Å². The molecule has 0 spiro atoms. The van der Waals surface area contributed by atoms with Gasteiger partial charge in [0.15, 0.2) is 0 Å². The lowest BCUT2D eigenvalue weighted by molar-refractivity contribution is -0.128. The van der Waals surface area contributed by atoms with E-state index in [4.69, 9.17) is 11.6 Å². The Labute approximate surface area is 136 Å². The first-order valence-electron chi connectivity index (χ1n) is 6.98. The number of anilines is 1. The van der Waals surface area contributed by atoms with E-state index in [1.54, 1.807) is 19.2 Å². The van der Waals surface area contributed by atoms with Crippen molar-refractivity contribution < 1.29 is 14.0 Å². The highest BCUT2D eigenvalue weighted by Crippen LogP contribution is 2.38. The van der Waals surface area contributed by atoms with Crippen molar-refractivity contribution in [3.63, 3.8) is 0 Å². The summed E-state index contributed by atoms with van der Waals surface area (Å²) in [5.41, 5.74) is 0.532. The van der Waals surface area contributed by atoms with Crippen molar-refractivity contribution in [2.45, 2.75) is 12.5 Å². The number of amides is 2. The summed E-state index contributed by atoms with van der Waals surface area (Å²) in [6.45, 7) is 0. The zero-order valence-electron chi connectivity index (χ0n) is 12.2. The van der Waals surface area contributed by atoms with Gasteiger partial charge in [-0.15, -0.1) is 0 Å². The molecular weight excluding hydrogens is 323 g/mol. The zero-order valence-corrected chi connectivity index (χ0v) is 13.0. The Hall–Kier alpha value is -2.41. The number of nitrogens with one attached hydrogen (secondary N) is 2. The first-order chi connectivity index (χ1) is 11.0. The van der Waals surface area contributed by atoms with Crippen molar-refractivity contribution in [2.75, 3.05) is 12.4 Å². The normalized spacial score (nSPS) is 20.8. The molecule has 120 valence electrons. The molecule has 1 aromatic heterocycles. The number of aromatic nitrogens is 2. The highest BCUT2D eigenvalue weighted by molar-refractivity contribution is 6.30. The molecule has 3 rings (SSSR count). The Bertz CT molecular complexity index is 750. The summed E-state index contributed by atoms with van der Waals surface area (Å²) < 4.78 is 13.7. The van der Waals surface area contributed by atoms with E-state index in [9.17, 15) is 14.0 Å². The number of nitrogens with zero attached hydrogens (tertiary/aromatic N) is 2. The van der Waals surface area contributed by atoms with Crippen molar-refractivity contribution in [1.29, 1.82) is 0 Å². The van der Waals surface area contributed by atoms with Crippen LogP contribution in [-0.4, -0.2) is 34.0 Å². The number of hydrogen-bond donors (Lipinski definition) is 2. The molecule has 0 bridgehead atoms. The molecule has 1 saturated heterocycles. The van der Waals surface area contributed by atoms with Crippen LogP contribution < -0.4 is 5.32 Å². The molecule has 2 atom stereocenters. The zero-order chi connectivity index (χ0) is 16.6. The molecule has 0 saturated carbocycles. The molecule has 0 unspecified atom stereocenters. The van der Waals surface area contributed by atoms with Gasteiger partial charge in [-0.3, -0.25) is 14.7 Å². The van der Waals surface area contributed by atoms with E-state index in [-0.39, 0.29) is 23.3 Å². The van der Waals surface area contributed by atoms with E-state index >= 15 is 0 Å². The van der Waals surface area contributed by atoms with Crippen LogP contribution in [-0.2, 0) is 9.59 Å². The molecule has 1 fully saturated rings. The minimum absolute atomic E-state index is 0.000752. The molecule has 2 heterocycles. The second kappa shape index (κ2) is 6.00. The summed E-state index contributed by atoms with van der Waals surface area (Å²) in [6.07, 6.45) is 1.57. The minimum Gasteiger partial charge on any atom is -0.338 e. The van der Waals surface area contributed by atoms with Crippen molar-refractivity contribution in [3.8, 4) is 0 Å². The van der Waals surface area contributed by atoms with E-state index in [1.165, 1.54) is 23.2 Å². The van der Waals surface area contributed by atoms with Crippen LogP contribution in [0, 0.1) is 11.7 Å². The highest BCUT2D eigenvalue weighted by atomic mass is 35.5. The molecule has 6 nitrogen and oxygen atoms in total. The molecule has 1 aliphatic rings. The van der Waals surface area contributed by atoms with Crippen LogP contribution in [0.5, 0.6) is 0 Å². The maximum atomic E-state index is 13.7. The number of rotatable bonds is 3. The fourth-order valence-corrected chi connectivity index (χ4v) is 2.93. The number of benzene rings is 1. The Morgan fingerprint density at radius 2 is 2.26 bits per heavy atom. The number of aromatic amines is 1. The van der Waals surface area contributed by atoms with Gasteiger partial charge in [0.25, 0.3) is 0 Å². The van der Waals surface area contributed by atoms with Gasteiger partial charge in [-0.05, 0) is 17.7 Å². The van der Waals surface area contributed by atoms with Crippen molar-refractivity contribution in [3.05, 3.63) is 46.9 Å².